The Hall–Kier alpha value is -3.72. The lowest BCUT2D eigenvalue weighted by molar-refractivity contribution is 0.598. The predicted molar refractivity (Wildman–Crippen MR) is 142 cm³/mol. The largest absolute Gasteiger partial charge is 0.455 e. The zero-order valence-electron chi connectivity index (χ0n) is 18.1. The molecule has 0 aliphatic carbocycles. The summed E-state index contributed by atoms with van der Waals surface area (Å²) in [4.78, 5) is 3.64. The predicted octanol–water partition coefficient (Wildman–Crippen LogP) is 9.74. The van der Waals surface area contributed by atoms with Crippen molar-refractivity contribution < 1.29 is 4.42 Å². The van der Waals surface area contributed by atoms with Crippen LogP contribution in [0.5, 0.6) is 0 Å². The van der Waals surface area contributed by atoms with Gasteiger partial charge in [-0.05, 0) is 66.2 Å². The van der Waals surface area contributed by atoms with Crippen LogP contribution in [-0.4, -0.2) is 4.98 Å². The number of hydrogen-bond acceptors (Lipinski definition) is 1. The SMILES string of the molecule is Clc1ccc(-c2cc(-c3c(-c4ccccc4)[nH]c4ccccc34)c(-c3ccc(Cl)cc3)o2)cc1. The van der Waals surface area contributed by atoms with E-state index in [4.69, 9.17) is 27.6 Å². The van der Waals surface area contributed by atoms with Crippen molar-refractivity contribution in [3.8, 4) is 45.0 Å². The molecule has 0 atom stereocenters. The minimum absolute atomic E-state index is 0.687. The van der Waals surface area contributed by atoms with Crippen LogP contribution in [0.3, 0.4) is 0 Å². The van der Waals surface area contributed by atoms with Gasteiger partial charge in [0.1, 0.15) is 11.5 Å². The third-order valence-corrected chi connectivity index (χ3v) is 6.51. The highest BCUT2D eigenvalue weighted by Gasteiger charge is 2.23. The topological polar surface area (TPSA) is 28.9 Å². The van der Waals surface area contributed by atoms with Crippen molar-refractivity contribution in [1.82, 2.24) is 4.98 Å². The number of nitrogens with one attached hydrogen (secondary N) is 1. The third-order valence-electron chi connectivity index (χ3n) is 6.01. The van der Waals surface area contributed by atoms with Crippen LogP contribution in [0, 0.1) is 0 Å². The van der Waals surface area contributed by atoms with Crippen LogP contribution < -0.4 is 0 Å². The average molecular weight is 480 g/mol. The summed E-state index contributed by atoms with van der Waals surface area (Å²) >= 11 is 12.3. The first-order valence-electron chi connectivity index (χ1n) is 11.0. The highest BCUT2D eigenvalue weighted by molar-refractivity contribution is 6.31. The molecule has 0 aliphatic heterocycles. The second-order valence-electron chi connectivity index (χ2n) is 8.15. The van der Waals surface area contributed by atoms with Gasteiger partial charge in [0.25, 0.3) is 0 Å². The Labute approximate surface area is 207 Å². The Morgan fingerprint density at radius 1 is 0.588 bits per heavy atom. The summed E-state index contributed by atoms with van der Waals surface area (Å²) in [6.45, 7) is 0. The van der Waals surface area contributed by atoms with Gasteiger partial charge in [-0.1, -0.05) is 71.7 Å². The number of rotatable bonds is 4. The molecule has 6 rings (SSSR count). The highest BCUT2D eigenvalue weighted by atomic mass is 35.5. The molecule has 0 radical (unpaired) electrons. The van der Waals surface area contributed by atoms with Crippen LogP contribution in [-0.2, 0) is 0 Å². The summed E-state index contributed by atoms with van der Waals surface area (Å²) in [6.07, 6.45) is 0. The molecule has 34 heavy (non-hydrogen) atoms. The molecular formula is C30H19Cl2NO. The highest BCUT2D eigenvalue weighted by Crippen LogP contribution is 2.46. The molecule has 0 saturated heterocycles. The Morgan fingerprint density at radius 2 is 1.21 bits per heavy atom. The van der Waals surface area contributed by atoms with Crippen LogP contribution in [0.1, 0.15) is 0 Å². The molecule has 6 aromatic rings. The number of furan rings is 1. The molecule has 4 heteroatoms. The number of H-pyrrole nitrogens is 1. The Bertz CT molecular complexity index is 1590. The van der Waals surface area contributed by atoms with Gasteiger partial charge < -0.3 is 9.40 Å². The maximum Gasteiger partial charge on any atom is 0.142 e. The Morgan fingerprint density at radius 3 is 1.91 bits per heavy atom. The van der Waals surface area contributed by atoms with Crippen molar-refractivity contribution in [2.75, 3.05) is 0 Å². The van der Waals surface area contributed by atoms with E-state index in [0.717, 1.165) is 55.9 Å². The molecule has 0 saturated carbocycles. The molecule has 2 heterocycles. The number of aromatic amines is 1. The van der Waals surface area contributed by atoms with E-state index in [1.54, 1.807) is 0 Å². The van der Waals surface area contributed by atoms with Crippen molar-refractivity contribution in [1.29, 1.82) is 0 Å². The van der Waals surface area contributed by atoms with E-state index in [2.05, 4.69) is 53.5 Å². The molecule has 0 bridgehead atoms. The lowest BCUT2D eigenvalue weighted by Crippen LogP contribution is -1.84. The second-order valence-corrected chi connectivity index (χ2v) is 9.03. The number of halogens is 2. The van der Waals surface area contributed by atoms with Gasteiger partial charge in [0.05, 0.1) is 5.69 Å². The third kappa shape index (κ3) is 3.71. The fourth-order valence-electron chi connectivity index (χ4n) is 4.39. The molecule has 0 spiro atoms. The Balaban J connectivity index is 1.66. The van der Waals surface area contributed by atoms with Gasteiger partial charge in [-0.15, -0.1) is 0 Å². The number of para-hydroxylation sites is 1. The van der Waals surface area contributed by atoms with E-state index in [1.165, 1.54) is 0 Å². The molecule has 1 N–H and O–H groups in total. The lowest BCUT2D eigenvalue weighted by atomic mass is 9.96. The van der Waals surface area contributed by atoms with Gasteiger partial charge in [-0.2, -0.15) is 0 Å². The number of hydrogen-bond donors (Lipinski definition) is 1. The molecule has 2 aromatic heterocycles. The van der Waals surface area contributed by atoms with Gasteiger partial charge in [-0.25, -0.2) is 0 Å². The van der Waals surface area contributed by atoms with E-state index in [0.29, 0.717) is 10.0 Å². The molecule has 2 nitrogen and oxygen atoms in total. The maximum atomic E-state index is 6.53. The average Bonchev–Trinajstić information content (AvgIpc) is 3.47. The van der Waals surface area contributed by atoms with Crippen LogP contribution in [0.4, 0.5) is 0 Å². The Kier molecular flexibility index (Phi) is 5.26. The number of fused-ring (bicyclic) bond motifs is 1. The van der Waals surface area contributed by atoms with Crippen LogP contribution in [0.25, 0.3) is 55.9 Å². The van der Waals surface area contributed by atoms with Crippen molar-refractivity contribution in [2.45, 2.75) is 0 Å². The van der Waals surface area contributed by atoms with Gasteiger partial charge >= 0.3 is 0 Å². The standard InChI is InChI=1S/C30H19Cl2NO/c31-22-14-10-19(11-15-22)27-18-25(30(34-27)21-12-16-23(32)17-13-21)28-24-8-4-5-9-26(24)33-29(28)20-6-2-1-3-7-20/h1-18,33H. The van der Waals surface area contributed by atoms with E-state index >= 15 is 0 Å². The summed E-state index contributed by atoms with van der Waals surface area (Å²) in [7, 11) is 0. The quantitative estimate of drug-likeness (QED) is 0.267. The summed E-state index contributed by atoms with van der Waals surface area (Å²) in [5.74, 6) is 1.57. The van der Waals surface area contributed by atoms with E-state index in [1.807, 2.05) is 60.7 Å². The summed E-state index contributed by atoms with van der Waals surface area (Å²) in [6, 6.07) is 36.3. The lowest BCUT2D eigenvalue weighted by Gasteiger charge is -2.07. The van der Waals surface area contributed by atoms with Gasteiger partial charge in [-0.3, -0.25) is 0 Å². The van der Waals surface area contributed by atoms with Gasteiger partial charge in [0, 0.05) is 43.2 Å². The minimum Gasteiger partial charge on any atom is -0.455 e. The maximum absolute atomic E-state index is 6.53. The molecule has 0 aliphatic rings. The van der Waals surface area contributed by atoms with E-state index in [9.17, 15) is 0 Å². The van der Waals surface area contributed by atoms with E-state index < -0.39 is 0 Å². The zero-order chi connectivity index (χ0) is 23.1. The van der Waals surface area contributed by atoms with Crippen molar-refractivity contribution >= 4 is 34.1 Å². The first-order chi connectivity index (χ1) is 16.7. The summed E-state index contributed by atoms with van der Waals surface area (Å²) in [5, 5.41) is 2.52. The summed E-state index contributed by atoms with van der Waals surface area (Å²) in [5.41, 5.74) is 7.30. The van der Waals surface area contributed by atoms with Gasteiger partial charge in [0.2, 0.25) is 0 Å². The fourth-order valence-corrected chi connectivity index (χ4v) is 4.64. The zero-order valence-corrected chi connectivity index (χ0v) is 19.6. The van der Waals surface area contributed by atoms with Crippen LogP contribution in [0.2, 0.25) is 10.0 Å². The molecule has 0 unspecified atom stereocenters. The first kappa shape index (κ1) is 20.9. The molecular weight excluding hydrogens is 461 g/mol. The minimum atomic E-state index is 0.687. The van der Waals surface area contributed by atoms with Crippen molar-refractivity contribution in [3.63, 3.8) is 0 Å². The summed E-state index contributed by atoms with van der Waals surface area (Å²) < 4.78 is 6.53. The normalized spacial score (nSPS) is 11.2. The monoisotopic (exact) mass is 479 g/mol. The fraction of sp³-hybridized carbons (Fsp3) is 0. The molecule has 0 amide bonds. The van der Waals surface area contributed by atoms with E-state index in [-0.39, 0.29) is 0 Å². The smallest absolute Gasteiger partial charge is 0.142 e. The first-order valence-corrected chi connectivity index (χ1v) is 11.8. The second kappa shape index (κ2) is 8.57. The van der Waals surface area contributed by atoms with Crippen LogP contribution in [0.15, 0.2) is 114 Å². The molecule has 0 fully saturated rings. The van der Waals surface area contributed by atoms with Gasteiger partial charge in [0.15, 0.2) is 0 Å². The number of benzene rings is 4. The van der Waals surface area contributed by atoms with Crippen molar-refractivity contribution in [3.05, 3.63) is 119 Å². The molecule has 164 valence electrons. The number of aromatic nitrogens is 1. The van der Waals surface area contributed by atoms with Crippen LogP contribution >= 0.6 is 23.2 Å². The molecule has 4 aromatic carbocycles. The van der Waals surface area contributed by atoms with Crippen molar-refractivity contribution in [2.24, 2.45) is 0 Å².